The van der Waals surface area contributed by atoms with E-state index in [0.29, 0.717) is 48.3 Å². The predicted octanol–water partition coefficient (Wildman–Crippen LogP) is 4.72. The summed E-state index contributed by atoms with van der Waals surface area (Å²) in [5.41, 5.74) is 1.84. The van der Waals surface area contributed by atoms with Gasteiger partial charge in [-0.2, -0.15) is 0 Å². The molecule has 3 aliphatic carbocycles. The molecule has 0 spiro atoms. The monoisotopic (exact) mass is 519 g/mol. The van der Waals surface area contributed by atoms with E-state index in [2.05, 4.69) is 15.3 Å². The SMILES string of the molecule is O=C(Nc1cnc(CO)cn1)C(CC1CCC(F)(F)CC1)c1ccc(S(=O)(=O)C2CC2)c(C2CC2)c1. The van der Waals surface area contributed by atoms with E-state index in [9.17, 15) is 27.1 Å². The van der Waals surface area contributed by atoms with E-state index < -0.39 is 21.7 Å². The molecule has 0 aliphatic heterocycles. The highest BCUT2D eigenvalue weighted by Crippen LogP contribution is 2.47. The number of carbonyl (C=O) groups excluding carboxylic acids is 1. The molecule has 1 aromatic carbocycles. The lowest BCUT2D eigenvalue weighted by Crippen LogP contribution is -2.29. The van der Waals surface area contributed by atoms with Gasteiger partial charge in [0.1, 0.15) is 0 Å². The Hall–Kier alpha value is -2.46. The van der Waals surface area contributed by atoms with Crippen molar-refractivity contribution in [1.82, 2.24) is 9.97 Å². The van der Waals surface area contributed by atoms with Gasteiger partial charge in [-0.25, -0.2) is 22.2 Å². The van der Waals surface area contributed by atoms with Gasteiger partial charge in [-0.1, -0.05) is 12.1 Å². The third-order valence-electron chi connectivity index (χ3n) is 7.56. The fourth-order valence-electron chi connectivity index (χ4n) is 5.09. The number of aromatic nitrogens is 2. The summed E-state index contributed by atoms with van der Waals surface area (Å²) in [6.45, 7) is -0.268. The lowest BCUT2D eigenvalue weighted by atomic mass is 9.78. The minimum absolute atomic E-state index is 0.0394. The average Bonchev–Trinajstić information content (AvgIpc) is 3.76. The van der Waals surface area contributed by atoms with Crippen LogP contribution in [0.5, 0.6) is 0 Å². The maximum atomic E-state index is 13.8. The number of benzene rings is 1. The number of nitrogens with one attached hydrogen (secondary N) is 1. The van der Waals surface area contributed by atoms with Crippen LogP contribution in [0.3, 0.4) is 0 Å². The Kier molecular flexibility index (Phi) is 6.84. The first-order valence-corrected chi connectivity index (χ1v) is 14.2. The summed E-state index contributed by atoms with van der Waals surface area (Å²) in [7, 11) is -3.38. The molecule has 1 aromatic heterocycles. The topological polar surface area (TPSA) is 109 Å². The van der Waals surface area contributed by atoms with E-state index in [1.165, 1.54) is 12.4 Å². The zero-order chi connectivity index (χ0) is 25.5. The van der Waals surface area contributed by atoms with Gasteiger partial charge < -0.3 is 10.4 Å². The summed E-state index contributed by atoms with van der Waals surface area (Å²) in [6.07, 6.45) is 6.62. The quantitative estimate of drug-likeness (QED) is 0.496. The largest absolute Gasteiger partial charge is 0.390 e. The predicted molar refractivity (Wildman–Crippen MR) is 129 cm³/mol. The van der Waals surface area contributed by atoms with Crippen LogP contribution in [0.15, 0.2) is 35.5 Å². The van der Waals surface area contributed by atoms with Crippen molar-refractivity contribution in [2.45, 2.75) is 92.3 Å². The fraction of sp³-hybridized carbons (Fsp3) is 0.577. The molecule has 36 heavy (non-hydrogen) atoms. The van der Waals surface area contributed by atoms with Crippen LogP contribution in [0.4, 0.5) is 14.6 Å². The lowest BCUT2D eigenvalue weighted by molar-refractivity contribution is -0.118. The summed E-state index contributed by atoms with van der Waals surface area (Å²) in [5.74, 6) is -3.28. The van der Waals surface area contributed by atoms with E-state index in [0.717, 1.165) is 18.4 Å². The molecule has 5 rings (SSSR count). The van der Waals surface area contributed by atoms with Crippen molar-refractivity contribution in [1.29, 1.82) is 0 Å². The van der Waals surface area contributed by atoms with Gasteiger partial charge in [0.05, 0.1) is 40.8 Å². The van der Waals surface area contributed by atoms with Gasteiger partial charge in [-0.15, -0.1) is 0 Å². The molecule has 1 unspecified atom stereocenters. The highest BCUT2D eigenvalue weighted by molar-refractivity contribution is 7.92. The highest BCUT2D eigenvalue weighted by atomic mass is 32.2. The molecule has 3 saturated carbocycles. The molecule has 194 valence electrons. The number of alkyl halides is 2. The molecule has 1 heterocycles. The highest BCUT2D eigenvalue weighted by Gasteiger charge is 2.41. The number of aliphatic hydroxyl groups is 1. The second-order valence-corrected chi connectivity index (χ2v) is 12.6. The van der Waals surface area contributed by atoms with Gasteiger partial charge in [0.15, 0.2) is 15.7 Å². The fourth-order valence-corrected chi connectivity index (χ4v) is 7.02. The summed E-state index contributed by atoms with van der Waals surface area (Å²) in [5, 5.41) is 11.6. The van der Waals surface area contributed by atoms with Crippen molar-refractivity contribution in [2.75, 3.05) is 5.32 Å². The Balaban J connectivity index is 1.44. The Morgan fingerprint density at radius 1 is 1.08 bits per heavy atom. The van der Waals surface area contributed by atoms with E-state index >= 15 is 0 Å². The average molecular weight is 520 g/mol. The number of hydrogen-bond acceptors (Lipinski definition) is 6. The standard InChI is InChI=1S/C26H31F2N3O4S/c27-26(28)9-7-16(8-10-26)11-22(25(33)31-24-14-29-19(15-32)13-30-24)18-3-6-23(21(12-18)17-1-2-17)36(34,35)20-4-5-20/h3,6,12-14,16-17,20,22,32H,1-2,4-5,7-11,15H2,(H,30,31,33). The van der Waals surface area contributed by atoms with Crippen LogP contribution in [-0.4, -0.2) is 40.6 Å². The lowest BCUT2D eigenvalue weighted by Gasteiger charge is -2.30. The molecule has 1 atom stereocenters. The van der Waals surface area contributed by atoms with Crippen LogP contribution in [0.2, 0.25) is 0 Å². The smallest absolute Gasteiger partial charge is 0.248 e. The Labute approximate surface area is 209 Å². The number of halogens is 2. The molecule has 1 amide bonds. The van der Waals surface area contributed by atoms with Crippen molar-refractivity contribution in [3.8, 4) is 0 Å². The molecular weight excluding hydrogens is 488 g/mol. The minimum atomic E-state index is -3.38. The number of anilines is 1. The first-order valence-electron chi connectivity index (χ1n) is 12.6. The van der Waals surface area contributed by atoms with Crippen LogP contribution in [0.1, 0.15) is 86.4 Å². The van der Waals surface area contributed by atoms with Crippen LogP contribution >= 0.6 is 0 Å². The number of rotatable bonds is 9. The van der Waals surface area contributed by atoms with Crippen LogP contribution in [0, 0.1) is 5.92 Å². The van der Waals surface area contributed by atoms with E-state index in [1.807, 2.05) is 6.07 Å². The number of carbonyl (C=O) groups is 1. The molecule has 0 radical (unpaired) electrons. The van der Waals surface area contributed by atoms with Crippen molar-refractivity contribution < 1.29 is 27.1 Å². The molecule has 7 nitrogen and oxygen atoms in total. The Morgan fingerprint density at radius 2 is 1.81 bits per heavy atom. The van der Waals surface area contributed by atoms with Crippen LogP contribution < -0.4 is 5.32 Å². The van der Waals surface area contributed by atoms with Crippen molar-refractivity contribution in [2.24, 2.45) is 5.92 Å². The molecule has 0 saturated heterocycles. The zero-order valence-electron chi connectivity index (χ0n) is 20.0. The van der Waals surface area contributed by atoms with Gasteiger partial charge in [0.25, 0.3) is 0 Å². The normalized spacial score (nSPS) is 21.2. The first-order chi connectivity index (χ1) is 17.2. The maximum absolute atomic E-state index is 13.8. The maximum Gasteiger partial charge on any atom is 0.248 e. The first kappa shape index (κ1) is 25.2. The summed E-state index contributed by atoms with van der Waals surface area (Å²) >= 11 is 0. The third-order valence-corrected chi connectivity index (χ3v) is 9.90. The number of aliphatic hydroxyl groups excluding tert-OH is 1. The summed E-state index contributed by atoms with van der Waals surface area (Å²) < 4.78 is 53.6. The molecule has 3 fully saturated rings. The van der Waals surface area contributed by atoms with E-state index in [4.69, 9.17) is 0 Å². The summed E-state index contributed by atoms with van der Waals surface area (Å²) in [4.78, 5) is 22.0. The van der Waals surface area contributed by atoms with Crippen molar-refractivity contribution >= 4 is 21.6 Å². The molecule has 2 N–H and O–H groups in total. The Morgan fingerprint density at radius 3 is 2.39 bits per heavy atom. The Bertz CT molecular complexity index is 1220. The van der Waals surface area contributed by atoms with E-state index in [1.54, 1.807) is 12.1 Å². The zero-order valence-corrected chi connectivity index (χ0v) is 20.8. The minimum Gasteiger partial charge on any atom is -0.390 e. The van der Waals surface area contributed by atoms with Crippen molar-refractivity contribution in [3.05, 3.63) is 47.4 Å². The van der Waals surface area contributed by atoms with Crippen LogP contribution in [-0.2, 0) is 21.2 Å². The molecule has 10 heteroatoms. The van der Waals surface area contributed by atoms with Crippen LogP contribution in [0.25, 0.3) is 0 Å². The van der Waals surface area contributed by atoms with Gasteiger partial charge in [-0.05, 0) is 74.0 Å². The molecule has 3 aliphatic rings. The molecule has 0 bridgehead atoms. The second kappa shape index (κ2) is 9.78. The third kappa shape index (κ3) is 5.59. The molecule has 2 aromatic rings. The molecular formula is C26H31F2N3O4S. The van der Waals surface area contributed by atoms with Gasteiger partial charge in [-0.3, -0.25) is 9.78 Å². The number of hydrogen-bond donors (Lipinski definition) is 2. The van der Waals surface area contributed by atoms with Gasteiger partial charge in [0.2, 0.25) is 11.8 Å². The van der Waals surface area contributed by atoms with Gasteiger partial charge in [0, 0.05) is 12.8 Å². The van der Waals surface area contributed by atoms with Gasteiger partial charge >= 0.3 is 0 Å². The number of amides is 1. The van der Waals surface area contributed by atoms with E-state index in [-0.39, 0.29) is 48.3 Å². The van der Waals surface area contributed by atoms with Crippen molar-refractivity contribution in [3.63, 3.8) is 0 Å². The number of nitrogens with zero attached hydrogens (tertiary/aromatic N) is 2. The number of sulfone groups is 1. The summed E-state index contributed by atoms with van der Waals surface area (Å²) in [6, 6.07) is 5.21. The second-order valence-electron chi connectivity index (χ2n) is 10.4.